The Labute approximate surface area is 168 Å². The molecule has 1 N–H and O–H groups in total. The van der Waals surface area contributed by atoms with Crippen LogP contribution in [0.5, 0.6) is 0 Å². The number of hydrogen-bond donors (Lipinski definition) is 1. The van der Waals surface area contributed by atoms with Gasteiger partial charge in [-0.2, -0.15) is 0 Å². The molecule has 7 nitrogen and oxygen atoms in total. The molecule has 3 rings (SSSR count). The topological polar surface area (TPSA) is 86.8 Å². The Morgan fingerprint density at radius 3 is 2.50 bits per heavy atom. The maximum atomic E-state index is 12.3. The van der Waals surface area contributed by atoms with Crippen LogP contribution < -0.4 is 10.2 Å². The minimum atomic E-state index is -3.51. The second-order valence-corrected chi connectivity index (χ2v) is 9.58. The predicted molar refractivity (Wildman–Crippen MR) is 110 cm³/mol. The Morgan fingerprint density at radius 2 is 1.82 bits per heavy atom. The van der Waals surface area contributed by atoms with Gasteiger partial charge < -0.3 is 10.2 Å². The zero-order chi connectivity index (χ0) is 20.3. The second-order valence-electron chi connectivity index (χ2n) is 6.41. The Balaban J connectivity index is 1.62. The standard InChI is InChI=1S/C19H21N3O4S2/c1-21(2)28(25,26)15-9-7-14(8-10-15)20-18(23)11-12-22-16-5-3-4-6-17(16)27-13-19(22)24/h3-10H,11-13H2,1-2H3,(H,20,23). The molecule has 0 aromatic heterocycles. The van der Waals surface area contributed by atoms with Gasteiger partial charge in [-0.15, -0.1) is 11.8 Å². The van der Waals surface area contributed by atoms with Crippen LogP contribution in [0.4, 0.5) is 11.4 Å². The fourth-order valence-corrected chi connectivity index (χ4v) is 4.59. The summed E-state index contributed by atoms with van der Waals surface area (Å²) in [5, 5.41) is 2.74. The van der Waals surface area contributed by atoms with Gasteiger partial charge in [0.25, 0.3) is 0 Å². The number of nitrogens with one attached hydrogen (secondary N) is 1. The zero-order valence-corrected chi connectivity index (χ0v) is 17.2. The molecule has 0 unspecified atom stereocenters. The molecule has 0 radical (unpaired) electrons. The SMILES string of the molecule is CN(C)S(=O)(=O)c1ccc(NC(=O)CCN2C(=O)CSc3ccccc32)cc1. The normalized spacial score (nSPS) is 14.1. The van der Waals surface area contributed by atoms with E-state index in [0.29, 0.717) is 11.4 Å². The first-order chi connectivity index (χ1) is 13.3. The number of rotatable bonds is 6. The van der Waals surface area contributed by atoms with Crippen LogP contribution in [0, 0.1) is 0 Å². The number of benzene rings is 2. The van der Waals surface area contributed by atoms with E-state index in [2.05, 4.69) is 5.32 Å². The minimum absolute atomic E-state index is 0.0188. The van der Waals surface area contributed by atoms with E-state index in [4.69, 9.17) is 0 Å². The van der Waals surface area contributed by atoms with Crippen molar-refractivity contribution in [3.05, 3.63) is 48.5 Å². The van der Waals surface area contributed by atoms with Crippen LogP contribution in [0.1, 0.15) is 6.42 Å². The van der Waals surface area contributed by atoms with Crippen molar-refractivity contribution in [2.75, 3.05) is 36.6 Å². The number of anilines is 2. The average molecular weight is 420 g/mol. The summed E-state index contributed by atoms with van der Waals surface area (Å²) in [6, 6.07) is 13.6. The highest BCUT2D eigenvalue weighted by Gasteiger charge is 2.24. The molecule has 0 fully saturated rings. The summed E-state index contributed by atoms with van der Waals surface area (Å²) in [7, 11) is -0.583. The summed E-state index contributed by atoms with van der Waals surface area (Å²) >= 11 is 1.50. The maximum Gasteiger partial charge on any atom is 0.242 e. The molecule has 148 valence electrons. The zero-order valence-electron chi connectivity index (χ0n) is 15.6. The van der Waals surface area contributed by atoms with Crippen LogP contribution in [0.25, 0.3) is 0 Å². The van der Waals surface area contributed by atoms with Gasteiger partial charge in [-0.3, -0.25) is 9.59 Å². The quantitative estimate of drug-likeness (QED) is 0.777. The van der Waals surface area contributed by atoms with Crippen LogP contribution in [0.2, 0.25) is 0 Å². The summed E-state index contributed by atoms with van der Waals surface area (Å²) < 4.78 is 25.3. The first-order valence-corrected chi connectivity index (χ1v) is 11.1. The molecule has 0 atom stereocenters. The third-order valence-corrected chi connectivity index (χ3v) is 7.16. The van der Waals surface area contributed by atoms with E-state index < -0.39 is 10.0 Å². The molecule has 0 saturated carbocycles. The van der Waals surface area contributed by atoms with Gasteiger partial charge in [0.15, 0.2) is 0 Å². The highest BCUT2D eigenvalue weighted by atomic mass is 32.2. The number of fused-ring (bicyclic) bond motifs is 1. The summed E-state index contributed by atoms with van der Waals surface area (Å²) in [6.45, 7) is 0.287. The van der Waals surface area contributed by atoms with Gasteiger partial charge in [-0.25, -0.2) is 12.7 Å². The molecule has 2 aromatic rings. The first kappa shape index (κ1) is 20.4. The van der Waals surface area contributed by atoms with E-state index in [0.717, 1.165) is 14.9 Å². The van der Waals surface area contributed by atoms with Crippen molar-refractivity contribution < 1.29 is 18.0 Å². The lowest BCUT2D eigenvalue weighted by atomic mass is 10.2. The summed E-state index contributed by atoms with van der Waals surface area (Å²) in [5.74, 6) is 0.0990. The number of para-hydroxylation sites is 1. The number of carbonyl (C=O) groups is 2. The number of sulfonamides is 1. The lowest BCUT2D eigenvalue weighted by molar-refractivity contribution is -0.117. The van der Waals surface area contributed by atoms with Crippen molar-refractivity contribution in [3.8, 4) is 0 Å². The lowest BCUT2D eigenvalue weighted by Gasteiger charge is -2.28. The van der Waals surface area contributed by atoms with Crippen molar-refractivity contribution in [3.63, 3.8) is 0 Å². The Bertz CT molecular complexity index is 988. The van der Waals surface area contributed by atoms with Gasteiger partial charge >= 0.3 is 0 Å². The Morgan fingerprint density at radius 1 is 1.14 bits per heavy atom. The van der Waals surface area contributed by atoms with E-state index in [-0.39, 0.29) is 29.7 Å². The fourth-order valence-electron chi connectivity index (χ4n) is 2.76. The summed E-state index contributed by atoms with van der Waals surface area (Å²) in [6.07, 6.45) is 0.141. The van der Waals surface area contributed by atoms with E-state index in [1.807, 2.05) is 24.3 Å². The molecule has 2 aromatic carbocycles. The highest BCUT2D eigenvalue weighted by molar-refractivity contribution is 8.00. The fraction of sp³-hybridized carbons (Fsp3) is 0.263. The number of hydrogen-bond acceptors (Lipinski definition) is 5. The van der Waals surface area contributed by atoms with Crippen LogP contribution in [-0.2, 0) is 19.6 Å². The van der Waals surface area contributed by atoms with Gasteiger partial charge in [0.05, 0.1) is 16.3 Å². The number of nitrogens with zero attached hydrogens (tertiary/aromatic N) is 2. The average Bonchev–Trinajstić information content (AvgIpc) is 2.67. The van der Waals surface area contributed by atoms with Crippen molar-refractivity contribution >= 4 is 45.0 Å². The van der Waals surface area contributed by atoms with E-state index in [1.54, 1.807) is 17.0 Å². The number of carbonyl (C=O) groups excluding carboxylic acids is 2. The largest absolute Gasteiger partial charge is 0.326 e. The van der Waals surface area contributed by atoms with Crippen LogP contribution in [0.15, 0.2) is 58.3 Å². The maximum absolute atomic E-state index is 12.3. The van der Waals surface area contributed by atoms with Crippen LogP contribution in [0.3, 0.4) is 0 Å². The molecule has 0 saturated heterocycles. The third kappa shape index (κ3) is 4.37. The van der Waals surface area contributed by atoms with Crippen LogP contribution in [-0.4, -0.2) is 50.9 Å². The first-order valence-electron chi connectivity index (χ1n) is 8.63. The van der Waals surface area contributed by atoms with E-state index in [1.165, 1.54) is 38.0 Å². The molecule has 0 bridgehead atoms. The van der Waals surface area contributed by atoms with Crippen molar-refractivity contribution in [1.82, 2.24) is 4.31 Å². The molecule has 9 heteroatoms. The van der Waals surface area contributed by atoms with E-state index in [9.17, 15) is 18.0 Å². The predicted octanol–water partition coefficient (Wildman–Crippen LogP) is 2.40. The molecular formula is C19H21N3O4S2. The molecule has 1 aliphatic rings. The monoisotopic (exact) mass is 419 g/mol. The summed E-state index contributed by atoms with van der Waals surface area (Å²) in [5.41, 5.74) is 1.33. The molecule has 2 amide bonds. The van der Waals surface area contributed by atoms with Crippen molar-refractivity contribution in [2.24, 2.45) is 0 Å². The molecule has 1 aliphatic heterocycles. The second kappa shape index (κ2) is 8.34. The van der Waals surface area contributed by atoms with E-state index >= 15 is 0 Å². The van der Waals surface area contributed by atoms with Gasteiger partial charge in [0.2, 0.25) is 21.8 Å². The lowest BCUT2D eigenvalue weighted by Crippen LogP contribution is -2.37. The molecule has 0 aliphatic carbocycles. The Kier molecular flexibility index (Phi) is 6.07. The third-order valence-electron chi connectivity index (χ3n) is 4.29. The smallest absolute Gasteiger partial charge is 0.242 e. The van der Waals surface area contributed by atoms with Gasteiger partial charge in [0, 0.05) is 37.6 Å². The van der Waals surface area contributed by atoms with Gasteiger partial charge in [0.1, 0.15) is 0 Å². The minimum Gasteiger partial charge on any atom is -0.326 e. The van der Waals surface area contributed by atoms with Crippen molar-refractivity contribution in [2.45, 2.75) is 16.2 Å². The number of amides is 2. The summed E-state index contributed by atoms with van der Waals surface area (Å²) in [4.78, 5) is 27.3. The molecule has 28 heavy (non-hydrogen) atoms. The van der Waals surface area contributed by atoms with Crippen molar-refractivity contribution in [1.29, 1.82) is 0 Å². The molecule has 1 heterocycles. The Hall–Kier alpha value is -2.36. The molecular weight excluding hydrogens is 398 g/mol. The molecule has 0 spiro atoms. The van der Waals surface area contributed by atoms with Gasteiger partial charge in [-0.05, 0) is 36.4 Å². The number of thioether (sulfide) groups is 1. The van der Waals surface area contributed by atoms with Gasteiger partial charge in [-0.1, -0.05) is 12.1 Å². The highest BCUT2D eigenvalue weighted by Crippen LogP contribution is 2.34. The van der Waals surface area contributed by atoms with Crippen LogP contribution >= 0.6 is 11.8 Å².